The minimum Gasteiger partial charge on any atom is -0.383 e. The van der Waals surface area contributed by atoms with Gasteiger partial charge in [-0.1, -0.05) is 47.5 Å². The zero-order valence-corrected chi connectivity index (χ0v) is 18.2. The molecule has 2 aromatic carbocycles. The van der Waals surface area contributed by atoms with E-state index in [0.29, 0.717) is 53.2 Å². The molecule has 1 aliphatic heterocycles. The molecule has 0 atom stereocenters. The lowest BCUT2D eigenvalue weighted by molar-refractivity contribution is -0.120. The molecule has 0 spiro atoms. The number of methoxy groups -OCH3 is 2. The number of halogens is 2. The first-order valence-corrected chi connectivity index (χ1v) is 10.1. The fraction of sp³-hybridized carbons (Fsp3) is 0.273. The van der Waals surface area contributed by atoms with Gasteiger partial charge in [0, 0.05) is 32.3 Å². The molecule has 1 heterocycles. The summed E-state index contributed by atoms with van der Waals surface area (Å²) in [4.78, 5) is 29.9. The smallest absolute Gasteiger partial charge is 0.282 e. The third kappa shape index (κ3) is 4.52. The Morgan fingerprint density at radius 2 is 1.47 bits per heavy atom. The Balaban J connectivity index is 2.14. The van der Waals surface area contributed by atoms with E-state index in [1.165, 1.54) is 0 Å². The lowest BCUT2D eigenvalue weighted by Crippen LogP contribution is -2.37. The predicted octanol–water partition coefficient (Wildman–Crippen LogP) is 3.87. The van der Waals surface area contributed by atoms with E-state index in [0.717, 1.165) is 4.90 Å². The molecule has 3 rings (SSSR count). The van der Waals surface area contributed by atoms with Crippen molar-refractivity contribution in [2.45, 2.75) is 0 Å². The van der Waals surface area contributed by atoms with Gasteiger partial charge in [0.25, 0.3) is 11.8 Å². The normalized spacial score (nSPS) is 14.1. The lowest BCUT2D eigenvalue weighted by Gasteiger charge is -2.25. The van der Waals surface area contributed by atoms with Crippen LogP contribution in [0.5, 0.6) is 0 Å². The van der Waals surface area contributed by atoms with Gasteiger partial charge in [-0.15, -0.1) is 0 Å². The molecule has 30 heavy (non-hydrogen) atoms. The summed E-state index contributed by atoms with van der Waals surface area (Å²) < 4.78 is 10.4. The highest BCUT2D eigenvalue weighted by molar-refractivity contribution is 6.47. The largest absolute Gasteiger partial charge is 0.383 e. The number of rotatable bonds is 9. The maximum absolute atomic E-state index is 13.5. The number of amides is 2. The molecule has 0 N–H and O–H groups in total. The van der Waals surface area contributed by atoms with E-state index in [-0.39, 0.29) is 5.70 Å². The van der Waals surface area contributed by atoms with Gasteiger partial charge in [-0.3, -0.25) is 9.59 Å². The first kappa shape index (κ1) is 22.3. The van der Waals surface area contributed by atoms with Gasteiger partial charge < -0.3 is 14.4 Å². The van der Waals surface area contributed by atoms with E-state index < -0.39 is 11.8 Å². The van der Waals surface area contributed by atoms with Gasteiger partial charge in [0.15, 0.2) is 0 Å². The number of hydrogen-bond acceptors (Lipinski definition) is 5. The second kappa shape index (κ2) is 10.1. The van der Waals surface area contributed by atoms with Crippen LogP contribution in [0.3, 0.4) is 0 Å². The van der Waals surface area contributed by atoms with Gasteiger partial charge in [0.2, 0.25) is 0 Å². The Morgan fingerprint density at radius 3 is 2.03 bits per heavy atom. The highest BCUT2D eigenvalue weighted by Crippen LogP contribution is 2.37. The summed E-state index contributed by atoms with van der Waals surface area (Å²) in [5.74, 6) is -0.879. The average molecular weight is 449 g/mol. The highest BCUT2D eigenvalue weighted by atomic mass is 35.5. The van der Waals surface area contributed by atoms with Crippen molar-refractivity contribution in [3.8, 4) is 0 Å². The molecule has 0 fully saturated rings. The molecule has 2 aromatic rings. The molecule has 8 heteroatoms. The van der Waals surface area contributed by atoms with Crippen LogP contribution < -0.4 is 4.90 Å². The molecule has 0 radical (unpaired) electrons. The van der Waals surface area contributed by atoms with Gasteiger partial charge in [0.05, 0.1) is 29.5 Å². The molecule has 0 bridgehead atoms. The topological polar surface area (TPSA) is 59.1 Å². The van der Waals surface area contributed by atoms with Crippen LogP contribution in [0, 0.1) is 0 Å². The molecular weight excluding hydrogens is 427 g/mol. The molecule has 6 nitrogen and oxygen atoms in total. The fourth-order valence-electron chi connectivity index (χ4n) is 3.28. The zero-order valence-electron chi connectivity index (χ0n) is 16.7. The maximum Gasteiger partial charge on any atom is 0.282 e. The first-order valence-electron chi connectivity index (χ1n) is 9.36. The van der Waals surface area contributed by atoms with Crippen molar-refractivity contribution in [1.82, 2.24) is 4.90 Å². The SMILES string of the molecule is COCCN(CCOC)C1=C(c2ccc(Cl)cc2)C(=O)N(c2ccccc2Cl)C1=O. The molecule has 0 aromatic heterocycles. The van der Waals surface area contributed by atoms with Gasteiger partial charge in [-0.2, -0.15) is 0 Å². The number of anilines is 1. The number of nitrogens with zero attached hydrogens (tertiary/aromatic N) is 2. The molecule has 0 saturated heterocycles. The zero-order chi connectivity index (χ0) is 21.7. The molecule has 0 saturated carbocycles. The quantitative estimate of drug-likeness (QED) is 0.544. The molecule has 158 valence electrons. The fourth-order valence-corrected chi connectivity index (χ4v) is 3.62. The Labute approximate surface area is 185 Å². The van der Waals surface area contributed by atoms with E-state index in [4.69, 9.17) is 32.7 Å². The minimum absolute atomic E-state index is 0.288. The summed E-state index contributed by atoms with van der Waals surface area (Å²) >= 11 is 12.3. The predicted molar refractivity (Wildman–Crippen MR) is 118 cm³/mol. The summed E-state index contributed by atoms with van der Waals surface area (Å²) in [5.41, 5.74) is 1.52. The van der Waals surface area contributed by atoms with Crippen molar-refractivity contribution in [2.75, 3.05) is 45.4 Å². The summed E-state index contributed by atoms with van der Waals surface area (Å²) in [6, 6.07) is 13.6. The van der Waals surface area contributed by atoms with Crippen molar-refractivity contribution < 1.29 is 19.1 Å². The molecule has 0 unspecified atom stereocenters. The molecule has 2 amide bonds. The number of ether oxygens (including phenoxy) is 2. The van der Waals surface area contributed by atoms with E-state index in [1.807, 2.05) is 4.90 Å². The summed E-state index contributed by atoms with van der Waals surface area (Å²) in [6.45, 7) is 1.60. The van der Waals surface area contributed by atoms with Crippen LogP contribution in [0.2, 0.25) is 10.0 Å². The second-order valence-electron chi connectivity index (χ2n) is 6.60. The number of benzene rings is 2. The van der Waals surface area contributed by atoms with Gasteiger partial charge >= 0.3 is 0 Å². The van der Waals surface area contributed by atoms with Gasteiger partial charge in [0.1, 0.15) is 5.70 Å². The third-order valence-corrected chi connectivity index (χ3v) is 5.30. The highest BCUT2D eigenvalue weighted by Gasteiger charge is 2.43. The number of carbonyl (C=O) groups is 2. The van der Waals surface area contributed by atoms with Crippen LogP contribution in [-0.2, 0) is 19.1 Å². The minimum atomic E-state index is -0.440. The van der Waals surface area contributed by atoms with Crippen molar-refractivity contribution in [3.63, 3.8) is 0 Å². The summed E-state index contributed by atoms with van der Waals surface area (Å²) in [5, 5.41) is 0.854. The van der Waals surface area contributed by atoms with Crippen LogP contribution in [0.15, 0.2) is 54.2 Å². The number of hydrogen-bond donors (Lipinski definition) is 0. The van der Waals surface area contributed by atoms with Crippen LogP contribution in [0.4, 0.5) is 5.69 Å². The standard InChI is InChI=1S/C22H22Cl2N2O4/c1-29-13-11-25(12-14-30-2)20-19(15-7-9-16(23)10-8-15)21(27)26(22(20)28)18-6-4-3-5-17(18)24/h3-10H,11-14H2,1-2H3. The Bertz CT molecular complexity index is 952. The summed E-state index contributed by atoms with van der Waals surface area (Å²) in [7, 11) is 3.17. The molecular formula is C22H22Cl2N2O4. The van der Waals surface area contributed by atoms with Crippen LogP contribution in [0.25, 0.3) is 5.57 Å². The molecule has 0 aliphatic carbocycles. The van der Waals surface area contributed by atoms with Crippen LogP contribution in [0.1, 0.15) is 5.56 Å². The van der Waals surface area contributed by atoms with Gasteiger partial charge in [-0.25, -0.2) is 4.90 Å². The van der Waals surface area contributed by atoms with Crippen LogP contribution >= 0.6 is 23.2 Å². The van der Waals surface area contributed by atoms with Crippen molar-refractivity contribution >= 4 is 46.3 Å². The number of para-hydroxylation sites is 1. The van der Waals surface area contributed by atoms with Gasteiger partial charge in [-0.05, 0) is 29.8 Å². The van der Waals surface area contributed by atoms with E-state index in [2.05, 4.69) is 0 Å². The Morgan fingerprint density at radius 1 is 0.867 bits per heavy atom. The van der Waals surface area contributed by atoms with Crippen molar-refractivity contribution in [1.29, 1.82) is 0 Å². The first-order chi connectivity index (χ1) is 14.5. The van der Waals surface area contributed by atoms with Crippen LogP contribution in [-0.4, -0.2) is 57.2 Å². The second-order valence-corrected chi connectivity index (χ2v) is 7.44. The maximum atomic E-state index is 13.5. The Kier molecular flexibility index (Phi) is 7.50. The van der Waals surface area contributed by atoms with Crippen molar-refractivity contribution in [2.24, 2.45) is 0 Å². The number of carbonyl (C=O) groups excluding carboxylic acids is 2. The number of imide groups is 1. The van der Waals surface area contributed by atoms with E-state index in [1.54, 1.807) is 62.8 Å². The van der Waals surface area contributed by atoms with Crippen molar-refractivity contribution in [3.05, 3.63) is 69.8 Å². The third-order valence-electron chi connectivity index (χ3n) is 4.73. The Hall–Kier alpha value is -2.38. The average Bonchev–Trinajstić information content (AvgIpc) is 2.99. The monoisotopic (exact) mass is 448 g/mol. The summed E-state index contributed by atoms with van der Waals surface area (Å²) in [6.07, 6.45) is 0. The van der Waals surface area contributed by atoms with E-state index in [9.17, 15) is 9.59 Å². The molecule has 1 aliphatic rings. The van der Waals surface area contributed by atoms with E-state index >= 15 is 0 Å². The lowest BCUT2D eigenvalue weighted by atomic mass is 10.0.